The molecule has 166 valence electrons. The van der Waals surface area contributed by atoms with Crippen molar-refractivity contribution in [1.29, 1.82) is 0 Å². The van der Waals surface area contributed by atoms with Crippen molar-refractivity contribution < 1.29 is 13.9 Å². The highest BCUT2D eigenvalue weighted by Crippen LogP contribution is 2.18. The SMILES string of the molecule is CCNC(=NCc1ccc(F)c(CN(C)C)c1)N1CCC(COCCOC)C1.I. The lowest BCUT2D eigenvalue weighted by Crippen LogP contribution is -2.40. The maximum absolute atomic E-state index is 14.0. The van der Waals surface area contributed by atoms with Gasteiger partial charge >= 0.3 is 0 Å². The molecule has 1 saturated heterocycles. The zero-order valence-electron chi connectivity index (χ0n) is 18.1. The molecule has 1 aromatic rings. The number of likely N-dealkylation sites (tertiary alicyclic amines) is 1. The Labute approximate surface area is 191 Å². The molecule has 0 spiro atoms. The highest BCUT2D eigenvalue weighted by atomic mass is 127. The number of ether oxygens (including phenoxy) is 2. The first-order valence-electron chi connectivity index (χ1n) is 10.1. The number of methoxy groups -OCH3 is 1. The van der Waals surface area contributed by atoms with E-state index in [2.05, 4.69) is 17.1 Å². The number of hydrogen-bond acceptors (Lipinski definition) is 4. The lowest BCUT2D eigenvalue weighted by molar-refractivity contribution is 0.0536. The Morgan fingerprint density at radius 2 is 2.14 bits per heavy atom. The summed E-state index contributed by atoms with van der Waals surface area (Å²) in [7, 11) is 5.57. The molecule has 1 heterocycles. The fourth-order valence-electron chi connectivity index (χ4n) is 3.33. The lowest BCUT2D eigenvalue weighted by atomic mass is 10.1. The number of aliphatic imine (C=N–C) groups is 1. The van der Waals surface area contributed by atoms with Gasteiger partial charge in [0.25, 0.3) is 0 Å². The Morgan fingerprint density at radius 1 is 1.34 bits per heavy atom. The van der Waals surface area contributed by atoms with Crippen LogP contribution in [0.1, 0.15) is 24.5 Å². The van der Waals surface area contributed by atoms with E-state index in [9.17, 15) is 4.39 Å². The molecule has 1 atom stereocenters. The molecule has 0 aliphatic carbocycles. The van der Waals surface area contributed by atoms with Crippen LogP contribution in [0.3, 0.4) is 0 Å². The third-order valence-electron chi connectivity index (χ3n) is 4.71. The summed E-state index contributed by atoms with van der Waals surface area (Å²) in [4.78, 5) is 9.05. The van der Waals surface area contributed by atoms with Crippen LogP contribution < -0.4 is 5.32 Å². The number of hydrogen-bond donors (Lipinski definition) is 1. The van der Waals surface area contributed by atoms with E-state index in [-0.39, 0.29) is 29.8 Å². The molecule has 0 saturated carbocycles. The minimum Gasteiger partial charge on any atom is -0.382 e. The molecular weight excluding hydrogens is 486 g/mol. The summed E-state index contributed by atoms with van der Waals surface area (Å²) in [5.74, 6) is 1.27. The number of nitrogens with zero attached hydrogens (tertiary/aromatic N) is 3. The second kappa shape index (κ2) is 14.1. The van der Waals surface area contributed by atoms with E-state index in [0.29, 0.717) is 37.8 Å². The number of halogens is 2. The molecular formula is C21H36FIN4O2. The van der Waals surface area contributed by atoms with Gasteiger partial charge in [0, 0.05) is 44.8 Å². The summed E-state index contributed by atoms with van der Waals surface area (Å²) < 4.78 is 24.7. The topological polar surface area (TPSA) is 49.3 Å². The van der Waals surface area contributed by atoms with Gasteiger partial charge in [-0.1, -0.05) is 6.07 Å². The highest BCUT2D eigenvalue weighted by molar-refractivity contribution is 14.0. The van der Waals surface area contributed by atoms with Crippen molar-refractivity contribution in [3.8, 4) is 0 Å². The normalized spacial score (nSPS) is 17.0. The quantitative estimate of drug-likeness (QED) is 0.222. The van der Waals surface area contributed by atoms with Crippen molar-refractivity contribution in [2.75, 3.05) is 60.7 Å². The van der Waals surface area contributed by atoms with E-state index in [0.717, 1.165) is 44.2 Å². The Kier molecular flexibility index (Phi) is 12.7. The molecule has 8 heteroatoms. The first kappa shape index (κ1) is 26.1. The summed E-state index contributed by atoms with van der Waals surface area (Å²) >= 11 is 0. The Bertz CT molecular complexity index is 631. The molecule has 0 radical (unpaired) electrons. The van der Waals surface area contributed by atoms with Crippen LogP contribution in [-0.4, -0.2) is 76.4 Å². The van der Waals surface area contributed by atoms with Gasteiger partial charge in [-0.2, -0.15) is 0 Å². The van der Waals surface area contributed by atoms with Crippen LogP contribution in [0, 0.1) is 11.7 Å². The first-order chi connectivity index (χ1) is 13.5. The van der Waals surface area contributed by atoms with E-state index in [1.165, 1.54) is 0 Å². The second-order valence-corrected chi connectivity index (χ2v) is 7.50. The third kappa shape index (κ3) is 9.15. The van der Waals surface area contributed by atoms with Gasteiger partial charge in [0.1, 0.15) is 5.82 Å². The van der Waals surface area contributed by atoms with Crippen LogP contribution in [0.15, 0.2) is 23.2 Å². The molecule has 1 N–H and O–H groups in total. The lowest BCUT2D eigenvalue weighted by Gasteiger charge is -2.22. The molecule has 6 nitrogen and oxygen atoms in total. The van der Waals surface area contributed by atoms with Crippen LogP contribution in [0.5, 0.6) is 0 Å². The molecule has 0 amide bonds. The zero-order valence-corrected chi connectivity index (χ0v) is 20.4. The zero-order chi connectivity index (χ0) is 20.4. The van der Waals surface area contributed by atoms with E-state index in [4.69, 9.17) is 14.5 Å². The monoisotopic (exact) mass is 522 g/mol. The van der Waals surface area contributed by atoms with Crippen LogP contribution in [0.4, 0.5) is 4.39 Å². The first-order valence-corrected chi connectivity index (χ1v) is 10.1. The van der Waals surface area contributed by atoms with Crippen molar-refractivity contribution in [3.63, 3.8) is 0 Å². The Hall–Kier alpha value is -0.970. The van der Waals surface area contributed by atoms with Crippen molar-refractivity contribution in [3.05, 3.63) is 35.1 Å². The maximum Gasteiger partial charge on any atom is 0.194 e. The van der Waals surface area contributed by atoms with E-state index < -0.39 is 0 Å². The molecule has 1 aromatic carbocycles. The van der Waals surface area contributed by atoms with Crippen LogP contribution in [-0.2, 0) is 22.6 Å². The number of nitrogens with one attached hydrogen (secondary N) is 1. The number of rotatable bonds is 10. The van der Waals surface area contributed by atoms with Gasteiger partial charge in [-0.3, -0.25) is 0 Å². The van der Waals surface area contributed by atoms with Gasteiger partial charge < -0.3 is 24.6 Å². The number of benzene rings is 1. The van der Waals surface area contributed by atoms with Gasteiger partial charge in [0.05, 0.1) is 26.4 Å². The molecule has 0 aromatic heterocycles. The van der Waals surface area contributed by atoms with Gasteiger partial charge in [0.15, 0.2) is 5.96 Å². The van der Waals surface area contributed by atoms with Crippen LogP contribution in [0.25, 0.3) is 0 Å². The van der Waals surface area contributed by atoms with Crippen molar-refractivity contribution in [1.82, 2.24) is 15.1 Å². The summed E-state index contributed by atoms with van der Waals surface area (Å²) in [6, 6.07) is 5.27. The fourth-order valence-corrected chi connectivity index (χ4v) is 3.33. The summed E-state index contributed by atoms with van der Waals surface area (Å²) in [6.07, 6.45) is 1.10. The predicted molar refractivity (Wildman–Crippen MR) is 126 cm³/mol. The Morgan fingerprint density at radius 3 is 2.83 bits per heavy atom. The molecule has 1 aliphatic heterocycles. The molecule has 1 fully saturated rings. The van der Waals surface area contributed by atoms with Gasteiger partial charge in [-0.05, 0) is 45.1 Å². The average molecular weight is 522 g/mol. The van der Waals surface area contributed by atoms with Crippen LogP contribution in [0.2, 0.25) is 0 Å². The fraction of sp³-hybridized carbons (Fsp3) is 0.667. The minimum absolute atomic E-state index is 0. The summed E-state index contributed by atoms with van der Waals surface area (Å²) in [6.45, 7) is 7.95. The summed E-state index contributed by atoms with van der Waals surface area (Å²) in [5, 5.41) is 3.38. The molecule has 0 bridgehead atoms. The minimum atomic E-state index is -0.163. The Balaban J connectivity index is 0.00000420. The highest BCUT2D eigenvalue weighted by Gasteiger charge is 2.25. The van der Waals surface area contributed by atoms with Gasteiger partial charge in [-0.25, -0.2) is 9.38 Å². The van der Waals surface area contributed by atoms with Gasteiger partial charge in [0.2, 0.25) is 0 Å². The predicted octanol–water partition coefficient (Wildman–Crippen LogP) is 2.96. The number of guanidine groups is 1. The van der Waals surface area contributed by atoms with Crippen molar-refractivity contribution in [2.24, 2.45) is 10.9 Å². The largest absolute Gasteiger partial charge is 0.382 e. The maximum atomic E-state index is 14.0. The molecule has 1 unspecified atom stereocenters. The third-order valence-corrected chi connectivity index (χ3v) is 4.71. The standard InChI is InChI=1S/C21H35FN4O2.HI/c1-5-23-21(26-9-8-18(14-26)16-28-11-10-27-4)24-13-17-6-7-20(22)19(12-17)15-25(2)3;/h6-7,12,18H,5,8-11,13-16H2,1-4H3,(H,23,24);1H. The van der Waals surface area contributed by atoms with Crippen molar-refractivity contribution >= 4 is 29.9 Å². The van der Waals surface area contributed by atoms with Crippen molar-refractivity contribution in [2.45, 2.75) is 26.4 Å². The molecule has 2 rings (SSSR count). The van der Waals surface area contributed by atoms with Crippen LogP contribution >= 0.6 is 24.0 Å². The van der Waals surface area contributed by atoms with E-state index in [1.807, 2.05) is 31.1 Å². The van der Waals surface area contributed by atoms with Gasteiger partial charge in [-0.15, -0.1) is 24.0 Å². The smallest absolute Gasteiger partial charge is 0.194 e. The van der Waals surface area contributed by atoms with E-state index in [1.54, 1.807) is 13.2 Å². The summed E-state index contributed by atoms with van der Waals surface area (Å²) in [5.41, 5.74) is 1.73. The second-order valence-electron chi connectivity index (χ2n) is 7.50. The average Bonchev–Trinajstić information content (AvgIpc) is 3.13. The molecule has 1 aliphatic rings. The van der Waals surface area contributed by atoms with E-state index >= 15 is 0 Å². The molecule has 29 heavy (non-hydrogen) atoms.